The molecule has 238 valence electrons. The molecule has 3 amide bonds. The van der Waals surface area contributed by atoms with E-state index >= 15 is 0 Å². The number of aliphatic carboxylic acids is 1. The van der Waals surface area contributed by atoms with E-state index in [1.165, 1.54) is 81.9 Å². The van der Waals surface area contributed by atoms with Crippen LogP contribution in [0.3, 0.4) is 0 Å². The van der Waals surface area contributed by atoms with E-state index in [4.69, 9.17) is 5.73 Å². The maximum Gasteiger partial charge on any atom is 0.326 e. The van der Waals surface area contributed by atoms with Crippen LogP contribution in [0.2, 0.25) is 0 Å². The number of carboxylic acid groups (broad SMARTS) is 1. The normalized spacial score (nSPS) is 17.4. The minimum Gasteiger partial charge on any atom is -0.480 e. The van der Waals surface area contributed by atoms with Crippen LogP contribution in [0.5, 0.6) is 0 Å². The van der Waals surface area contributed by atoms with E-state index in [0.29, 0.717) is 25.8 Å². The highest BCUT2D eigenvalue weighted by molar-refractivity contribution is 5.92. The molecule has 0 bridgehead atoms. The lowest BCUT2D eigenvalue weighted by Gasteiger charge is -2.25. The van der Waals surface area contributed by atoms with Crippen molar-refractivity contribution < 1.29 is 29.4 Å². The zero-order chi connectivity index (χ0) is 30.3. The number of nitrogens with one attached hydrogen (secondary N) is 2. The highest BCUT2D eigenvalue weighted by Crippen LogP contribution is 2.19. The van der Waals surface area contributed by atoms with Crippen molar-refractivity contribution in [1.29, 1.82) is 0 Å². The monoisotopic (exact) mass is 582 g/mol. The summed E-state index contributed by atoms with van der Waals surface area (Å²) >= 11 is 0. The summed E-state index contributed by atoms with van der Waals surface area (Å²) in [7, 11) is 0. The number of β-amino-alcohol motifs (C(OH)–C–C–N with tert-alkyl or cyclic N) is 1. The predicted molar refractivity (Wildman–Crippen MR) is 161 cm³/mol. The van der Waals surface area contributed by atoms with Gasteiger partial charge >= 0.3 is 5.97 Å². The summed E-state index contributed by atoms with van der Waals surface area (Å²) in [5.41, 5.74) is 5.46. The first kappa shape index (κ1) is 36.8. The molecule has 3 atom stereocenters. The molecule has 1 aliphatic rings. The van der Waals surface area contributed by atoms with Gasteiger partial charge in [-0.2, -0.15) is 0 Å². The third-order valence-electron chi connectivity index (χ3n) is 7.91. The zero-order valence-corrected chi connectivity index (χ0v) is 25.5. The minimum absolute atomic E-state index is 0.0276. The third kappa shape index (κ3) is 17.4. The highest BCUT2D eigenvalue weighted by Gasteiger charge is 2.39. The van der Waals surface area contributed by atoms with E-state index in [0.717, 1.165) is 19.3 Å². The van der Waals surface area contributed by atoms with Gasteiger partial charge in [0.25, 0.3) is 0 Å². The number of nitrogens with zero attached hydrogens (tertiary/aromatic N) is 1. The first-order chi connectivity index (χ1) is 19.8. The number of aliphatic hydroxyl groups is 1. The van der Waals surface area contributed by atoms with Crippen molar-refractivity contribution in [1.82, 2.24) is 15.5 Å². The Bertz CT molecular complexity index is 750. The summed E-state index contributed by atoms with van der Waals surface area (Å²) < 4.78 is 0. The number of aliphatic hydroxyl groups excluding tert-OH is 1. The van der Waals surface area contributed by atoms with Gasteiger partial charge in [-0.05, 0) is 32.2 Å². The molecule has 1 rings (SSSR count). The van der Waals surface area contributed by atoms with Crippen molar-refractivity contribution in [3.8, 4) is 0 Å². The molecule has 0 aromatic rings. The molecule has 1 heterocycles. The van der Waals surface area contributed by atoms with Crippen LogP contribution < -0.4 is 16.4 Å². The van der Waals surface area contributed by atoms with Crippen molar-refractivity contribution in [2.75, 3.05) is 19.6 Å². The molecule has 0 aromatic carbocycles. The van der Waals surface area contributed by atoms with E-state index in [1.807, 2.05) is 0 Å². The van der Waals surface area contributed by atoms with E-state index in [1.54, 1.807) is 0 Å². The molecule has 2 unspecified atom stereocenters. The molecule has 1 fully saturated rings. The number of likely N-dealkylation sites (tertiary alicyclic amines) is 1. The Balaban J connectivity index is 2.18. The second kappa shape index (κ2) is 23.4. The maximum absolute atomic E-state index is 12.8. The summed E-state index contributed by atoms with van der Waals surface area (Å²) in [5, 5.41) is 24.6. The van der Waals surface area contributed by atoms with Crippen LogP contribution in [0.25, 0.3) is 0 Å². The third-order valence-corrected chi connectivity index (χ3v) is 7.91. The largest absolute Gasteiger partial charge is 0.480 e. The molecule has 0 radical (unpaired) electrons. The van der Waals surface area contributed by atoms with Crippen molar-refractivity contribution in [3.05, 3.63) is 0 Å². The molecule has 1 saturated heterocycles. The van der Waals surface area contributed by atoms with Crippen LogP contribution in [0.15, 0.2) is 0 Å². The van der Waals surface area contributed by atoms with Crippen LogP contribution >= 0.6 is 0 Å². The lowest BCUT2D eigenvalue weighted by atomic mass is 10.0. The molecule has 0 spiro atoms. The zero-order valence-electron chi connectivity index (χ0n) is 25.5. The van der Waals surface area contributed by atoms with Crippen molar-refractivity contribution in [3.63, 3.8) is 0 Å². The quantitative estimate of drug-likeness (QED) is 0.102. The number of amides is 3. The van der Waals surface area contributed by atoms with Gasteiger partial charge in [-0.25, -0.2) is 4.79 Å². The lowest BCUT2D eigenvalue weighted by molar-refractivity contribution is -0.144. The Morgan fingerprint density at radius 3 is 1.88 bits per heavy atom. The average Bonchev–Trinajstić information content (AvgIpc) is 3.35. The topological polar surface area (TPSA) is 162 Å². The SMILES string of the molecule is CCCCCCCCCCCCCCCCCC(=O)NCC(=O)N1CC(O)CC1C(=O)N[C@H](CCCCN)C(=O)O. The number of carboxylic acids is 1. The van der Waals surface area contributed by atoms with Gasteiger partial charge in [-0.1, -0.05) is 96.8 Å². The molecule has 6 N–H and O–H groups in total. The predicted octanol–water partition coefficient (Wildman–Crippen LogP) is 4.02. The Morgan fingerprint density at radius 1 is 0.829 bits per heavy atom. The van der Waals surface area contributed by atoms with E-state index < -0.39 is 36.0 Å². The summed E-state index contributed by atoms with van der Waals surface area (Å²) in [4.78, 5) is 50.5. The van der Waals surface area contributed by atoms with E-state index in [-0.39, 0.29) is 31.8 Å². The number of rotatable bonds is 25. The van der Waals surface area contributed by atoms with Crippen molar-refractivity contribution in [2.24, 2.45) is 5.73 Å². The van der Waals surface area contributed by atoms with Gasteiger partial charge < -0.3 is 31.5 Å². The Labute approximate surface area is 247 Å². The molecule has 41 heavy (non-hydrogen) atoms. The molecular weight excluding hydrogens is 524 g/mol. The van der Waals surface area contributed by atoms with Gasteiger partial charge in [0.1, 0.15) is 12.1 Å². The molecular formula is C31H58N4O6. The fourth-order valence-corrected chi connectivity index (χ4v) is 5.38. The van der Waals surface area contributed by atoms with Crippen LogP contribution in [0, 0.1) is 0 Å². The molecule has 0 aromatic heterocycles. The number of carbonyl (C=O) groups is 4. The molecule has 0 aliphatic carbocycles. The molecule has 10 heteroatoms. The summed E-state index contributed by atoms with van der Waals surface area (Å²) in [6, 6.07) is -2.06. The summed E-state index contributed by atoms with van der Waals surface area (Å²) in [6.45, 7) is 2.40. The Kier molecular flexibility index (Phi) is 21.0. The molecule has 1 aliphatic heterocycles. The van der Waals surface area contributed by atoms with Gasteiger partial charge in [-0.15, -0.1) is 0 Å². The molecule has 0 saturated carbocycles. The summed E-state index contributed by atoms with van der Waals surface area (Å²) in [6.07, 6.45) is 19.7. The standard InChI is InChI=1S/C31H58N4O6/c1-2-3-4-5-6-7-8-9-10-11-12-13-14-15-16-20-28(37)33-23-29(38)35-24-25(36)22-27(35)30(39)34-26(31(40)41)19-17-18-21-32/h25-27,36H,2-24,32H2,1H3,(H,33,37)(H,34,39)(H,40,41)/t25?,26-,27?/m1/s1. The number of carbonyl (C=O) groups excluding carboxylic acids is 3. The number of nitrogens with two attached hydrogens (primary N) is 1. The number of hydrogen-bond acceptors (Lipinski definition) is 6. The summed E-state index contributed by atoms with van der Waals surface area (Å²) in [5.74, 6) is -2.45. The Morgan fingerprint density at radius 2 is 1.37 bits per heavy atom. The van der Waals surface area contributed by atoms with E-state index in [9.17, 15) is 29.4 Å². The first-order valence-corrected chi connectivity index (χ1v) is 16.3. The Hall–Kier alpha value is -2.20. The van der Waals surface area contributed by atoms with Crippen LogP contribution in [0.1, 0.15) is 135 Å². The fourth-order valence-electron chi connectivity index (χ4n) is 5.38. The maximum atomic E-state index is 12.8. The van der Waals surface area contributed by atoms with Gasteiger partial charge in [-0.3, -0.25) is 14.4 Å². The highest BCUT2D eigenvalue weighted by atomic mass is 16.4. The van der Waals surface area contributed by atoms with Gasteiger partial charge in [0, 0.05) is 19.4 Å². The smallest absolute Gasteiger partial charge is 0.326 e. The van der Waals surface area contributed by atoms with Crippen LogP contribution in [-0.4, -0.2) is 76.6 Å². The second-order valence-electron chi connectivity index (χ2n) is 11.6. The number of hydrogen-bond donors (Lipinski definition) is 5. The minimum atomic E-state index is -1.15. The second-order valence-corrected chi connectivity index (χ2v) is 11.6. The van der Waals surface area contributed by atoms with Gasteiger partial charge in [0.05, 0.1) is 12.6 Å². The fraction of sp³-hybridized carbons (Fsp3) is 0.871. The van der Waals surface area contributed by atoms with Gasteiger partial charge in [0.15, 0.2) is 0 Å². The van der Waals surface area contributed by atoms with Crippen LogP contribution in [0.4, 0.5) is 0 Å². The van der Waals surface area contributed by atoms with E-state index in [2.05, 4.69) is 17.6 Å². The van der Waals surface area contributed by atoms with Crippen LogP contribution in [-0.2, 0) is 19.2 Å². The number of unbranched alkanes of at least 4 members (excludes halogenated alkanes) is 15. The van der Waals surface area contributed by atoms with Crippen molar-refractivity contribution >= 4 is 23.7 Å². The van der Waals surface area contributed by atoms with Gasteiger partial charge in [0.2, 0.25) is 17.7 Å². The van der Waals surface area contributed by atoms with Crippen molar-refractivity contribution in [2.45, 2.75) is 154 Å². The first-order valence-electron chi connectivity index (χ1n) is 16.3. The lowest BCUT2D eigenvalue weighted by Crippen LogP contribution is -2.52. The average molecular weight is 583 g/mol. The molecule has 10 nitrogen and oxygen atoms in total.